The first-order valence-electron chi connectivity index (χ1n) is 8.51. The fraction of sp³-hybridized carbons (Fsp3) is 0.200. The summed E-state index contributed by atoms with van der Waals surface area (Å²) in [6.07, 6.45) is 8.52. The summed E-state index contributed by atoms with van der Waals surface area (Å²) in [6, 6.07) is 8.39. The molecule has 4 rings (SSSR count). The summed E-state index contributed by atoms with van der Waals surface area (Å²) in [5.41, 5.74) is 2.11. The van der Waals surface area contributed by atoms with Crippen molar-refractivity contribution in [2.75, 3.05) is 11.9 Å². The Hall–Kier alpha value is -3.28. The average Bonchev–Trinajstić information content (AvgIpc) is 3.45. The van der Waals surface area contributed by atoms with Crippen molar-refractivity contribution in [1.82, 2.24) is 9.88 Å². The lowest BCUT2D eigenvalue weighted by molar-refractivity contribution is -0.111. The fourth-order valence-electron chi connectivity index (χ4n) is 2.92. The molecule has 6 nitrogen and oxygen atoms in total. The smallest absolute Gasteiger partial charge is 0.261 e. The van der Waals surface area contributed by atoms with E-state index in [0.717, 1.165) is 18.4 Å². The summed E-state index contributed by atoms with van der Waals surface area (Å²) < 4.78 is 0. The van der Waals surface area contributed by atoms with Crippen LogP contribution in [0.1, 0.15) is 39.1 Å². The number of fused-ring (bicyclic) bond motifs is 1. The van der Waals surface area contributed by atoms with E-state index in [-0.39, 0.29) is 17.7 Å². The molecule has 2 aliphatic rings. The first-order valence-corrected chi connectivity index (χ1v) is 8.51. The van der Waals surface area contributed by atoms with Gasteiger partial charge in [0.15, 0.2) is 0 Å². The van der Waals surface area contributed by atoms with Gasteiger partial charge in [0.25, 0.3) is 11.8 Å². The Bertz CT molecular complexity index is 917. The van der Waals surface area contributed by atoms with Crippen molar-refractivity contribution in [1.29, 1.82) is 0 Å². The van der Waals surface area contributed by atoms with Gasteiger partial charge in [0.2, 0.25) is 5.91 Å². The zero-order valence-corrected chi connectivity index (χ0v) is 14.0. The van der Waals surface area contributed by atoms with E-state index >= 15 is 0 Å². The molecule has 2 heterocycles. The van der Waals surface area contributed by atoms with Crippen molar-refractivity contribution in [3.63, 3.8) is 0 Å². The monoisotopic (exact) mass is 347 g/mol. The minimum Gasteiger partial charge on any atom is -0.322 e. The quantitative estimate of drug-likeness (QED) is 0.666. The van der Waals surface area contributed by atoms with Gasteiger partial charge in [-0.15, -0.1) is 0 Å². The Morgan fingerprint density at radius 1 is 1.12 bits per heavy atom. The number of pyridine rings is 1. The van der Waals surface area contributed by atoms with Gasteiger partial charge < -0.3 is 5.32 Å². The van der Waals surface area contributed by atoms with E-state index in [1.54, 1.807) is 48.8 Å². The van der Waals surface area contributed by atoms with E-state index < -0.39 is 0 Å². The maximum absolute atomic E-state index is 12.5. The predicted molar refractivity (Wildman–Crippen MR) is 96.4 cm³/mol. The largest absolute Gasteiger partial charge is 0.322 e. The van der Waals surface area contributed by atoms with Crippen LogP contribution in [0.3, 0.4) is 0 Å². The molecule has 0 radical (unpaired) electrons. The zero-order chi connectivity index (χ0) is 18.1. The summed E-state index contributed by atoms with van der Waals surface area (Å²) in [7, 11) is 0. The number of amides is 3. The summed E-state index contributed by atoms with van der Waals surface area (Å²) in [5, 5.41) is 2.72. The van der Waals surface area contributed by atoms with Crippen molar-refractivity contribution in [3.8, 4) is 0 Å². The Kier molecular flexibility index (Phi) is 4.08. The fourth-order valence-corrected chi connectivity index (χ4v) is 2.92. The summed E-state index contributed by atoms with van der Waals surface area (Å²) in [6.45, 7) is 0.489. The second kappa shape index (κ2) is 6.55. The topological polar surface area (TPSA) is 79.4 Å². The van der Waals surface area contributed by atoms with Crippen molar-refractivity contribution in [2.24, 2.45) is 5.92 Å². The highest BCUT2D eigenvalue weighted by Gasteiger charge is 2.38. The molecule has 2 aromatic rings. The van der Waals surface area contributed by atoms with Gasteiger partial charge in [-0.2, -0.15) is 0 Å². The number of carbonyl (C=O) groups excluding carboxylic acids is 3. The Labute approximate surface area is 150 Å². The third-order valence-corrected chi connectivity index (χ3v) is 4.51. The van der Waals surface area contributed by atoms with Crippen LogP contribution in [0.2, 0.25) is 0 Å². The number of hydrogen-bond donors (Lipinski definition) is 1. The second-order valence-electron chi connectivity index (χ2n) is 6.53. The zero-order valence-electron chi connectivity index (χ0n) is 14.0. The molecule has 0 saturated heterocycles. The normalized spacial score (nSPS) is 16.2. The maximum Gasteiger partial charge on any atom is 0.261 e. The third kappa shape index (κ3) is 3.26. The van der Waals surface area contributed by atoms with Gasteiger partial charge in [-0.25, -0.2) is 0 Å². The first-order chi connectivity index (χ1) is 12.6. The number of aromatic nitrogens is 1. The predicted octanol–water partition coefficient (Wildman–Crippen LogP) is 2.74. The highest BCUT2D eigenvalue weighted by molar-refractivity contribution is 6.22. The standard InChI is InChI=1S/C20H17N3O3/c24-18(6-3-13-7-9-21-10-8-13)22-15-4-5-16-17(11-15)20(26)23(19(16)25)12-14-1-2-14/h3-11,14H,1-2,12H2,(H,22,24)/b6-3+. The van der Waals surface area contributed by atoms with E-state index in [2.05, 4.69) is 10.3 Å². The minimum absolute atomic E-state index is 0.243. The molecule has 1 aliphatic carbocycles. The van der Waals surface area contributed by atoms with Crippen LogP contribution in [0.25, 0.3) is 6.08 Å². The van der Waals surface area contributed by atoms with Crippen LogP contribution in [-0.2, 0) is 4.79 Å². The van der Waals surface area contributed by atoms with Crippen LogP contribution in [0.5, 0.6) is 0 Å². The molecule has 0 unspecified atom stereocenters. The van der Waals surface area contributed by atoms with E-state index in [4.69, 9.17) is 0 Å². The number of carbonyl (C=O) groups is 3. The molecule has 1 aliphatic heterocycles. The van der Waals surface area contributed by atoms with Crippen LogP contribution in [0, 0.1) is 5.92 Å². The van der Waals surface area contributed by atoms with Crippen LogP contribution in [-0.4, -0.2) is 34.2 Å². The van der Waals surface area contributed by atoms with E-state index in [9.17, 15) is 14.4 Å². The number of nitrogens with zero attached hydrogens (tertiary/aromatic N) is 2. The van der Waals surface area contributed by atoms with Crippen molar-refractivity contribution in [2.45, 2.75) is 12.8 Å². The lowest BCUT2D eigenvalue weighted by Gasteiger charge is -2.12. The summed E-state index contributed by atoms with van der Waals surface area (Å²) >= 11 is 0. The molecule has 1 aromatic heterocycles. The van der Waals surface area contributed by atoms with Gasteiger partial charge in [-0.05, 0) is 60.7 Å². The lowest BCUT2D eigenvalue weighted by Crippen LogP contribution is -2.31. The molecule has 1 saturated carbocycles. The molecule has 3 amide bonds. The number of hydrogen-bond acceptors (Lipinski definition) is 4. The highest BCUT2D eigenvalue weighted by Crippen LogP contribution is 2.33. The number of benzene rings is 1. The van der Waals surface area contributed by atoms with Crippen LogP contribution < -0.4 is 5.32 Å². The van der Waals surface area contributed by atoms with Crippen LogP contribution in [0.4, 0.5) is 5.69 Å². The van der Waals surface area contributed by atoms with Gasteiger partial charge in [-0.1, -0.05) is 0 Å². The van der Waals surface area contributed by atoms with Crippen molar-refractivity contribution >= 4 is 29.5 Å². The summed E-state index contributed by atoms with van der Waals surface area (Å²) in [4.78, 5) is 42.2. The van der Waals surface area contributed by atoms with Gasteiger partial charge in [0.05, 0.1) is 11.1 Å². The molecular weight excluding hydrogens is 330 g/mol. The molecule has 0 bridgehead atoms. The number of anilines is 1. The second-order valence-corrected chi connectivity index (χ2v) is 6.53. The van der Waals surface area contributed by atoms with Gasteiger partial charge in [-0.3, -0.25) is 24.3 Å². The van der Waals surface area contributed by atoms with Crippen LogP contribution >= 0.6 is 0 Å². The number of rotatable bonds is 5. The lowest BCUT2D eigenvalue weighted by atomic mass is 10.1. The Balaban J connectivity index is 1.47. The molecule has 1 aromatic carbocycles. The van der Waals surface area contributed by atoms with Crippen LogP contribution in [0.15, 0.2) is 48.8 Å². The molecule has 1 N–H and O–H groups in total. The summed E-state index contributed by atoms with van der Waals surface area (Å²) in [5.74, 6) is -0.393. The highest BCUT2D eigenvalue weighted by atomic mass is 16.2. The Morgan fingerprint density at radius 3 is 2.58 bits per heavy atom. The number of imide groups is 1. The molecular formula is C20H17N3O3. The third-order valence-electron chi connectivity index (χ3n) is 4.51. The molecule has 1 fully saturated rings. The van der Waals surface area contributed by atoms with Crippen molar-refractivity contribution in [3.05, 3.63) is 65.5 Å². The van der Waals surface area contributed by atoms with Gasteiger partial charge >= 0.3 is 0 Å². The maximum atomic E-state index is 12.5. The number of nitrogens with one attached hydrogen (secondary N) is 1. The Morgan fingerprint density at radius 2 is 1.85 bits per heavy atom. The molecule has 6 heteroatoms. The van der Waals surface area contributed by atoms with Crippen molar-refractivity contribution < 1.29 is 14.4 Å². The molecule has 0 atom stereocenters. The molecule has 0 spiro atoms. The molecule has 130 valence electrons. The molecule has 26 heavy (non-hydrogen) atoms. The van der Waals surface area contributed by atoms with E-state index in [1.165, 1.54) is 11.0 Å². The first kappa shape index (κ1) is 16.2. The van der Waals surface area contributed by atoms with E-state index in [0.29, 0.717) is 29.3 Å². The minimum atomic E-state index is -0.312. The van der Waals surface area contributed by atoms with Gasteiger partial charge in [0, 0.05) is 30.7 Å². The van der Waals surface area contributed by atoms with E-state index in [1.807, 2.05) is 0 Å². The average molecular weight is 347 g/mol. The SMILES string of the molecule is O=C(/C=C/c1ccncc1)Nc1ccc2c(c1)C(=O)N(CC1CC1)C2=O. The van der Waals surface area contributed by atoms with Gasteiger partial charge in [0.1, 0.15) is 0 Å².